The number of alkyl halides is 3. The van der Waals surface area contributed by atoms with E-state index in [1.165, 1.54) is 38.5 Å². The summed E-state index contributed by atoms with van der Waals surface area (Å²) >= 11 is 16.9. The molecule has 0 aliphatic carbocycles. The molecule has 0 saturated heterocycles. The molecule has 0 heterocycles. The maximum Gasteiger partial charge on any atom is 0.190 e. The first-order valence-electron chi connectivity index (χ1n) is 5.13. The quantitative estimate of drug-likeness (QED) is 0.412. The van der Waals surface area contributed by atoms with E-state index >= 15 is 0 Å². The fourth-order valence-electron chi connectivity index (χ4n) is 1.28. The summed E-state index contributed by atoms with van der Waals surface area (Å²) in [5.41, 5.74) is 0. The summed E-state index contributed by atoms with van der Waals surface area (Å²) in [6.45, 7) is 2.23. The number of unbranched alkanes of at least 4 members (excludes halogenated alkanes) is 6. The van der Waals surface area contributed by atoms with E-state index in [-0.39, 0.29) is 4.70 Å². The highest BCUT2D eigenvalue weighted by Gasteiger charge is 2.17. The molecule has 0 aliphatic rings. The van der Waals surface area contributed by atoms with E-state index in [9.17, 15) is 0 Å². The predicted octanol–water partition coefficient (Wildman–Crippen LogP) is 5.65. The van der Waals surface area contributed by atoms with Crippen molar-refractivity contribution in [2.45, 2.75) is 62.1 Å². The first-order chi connectivity index (χ1) is 6.06. The Labute approximate surface area is 102 Å². The molecule has 0 atom stereocenters. The van der Waals surface area contributed by atoms with Crippen molar-refractivity contribution >= 4 is 34.8 Å². The van der Waals surface area contributed by atoms with Gasteiger partial charge in [-0.3, -0.25) is 4.70 Å². The maximum absolute atomic E-state index is 5.63. The van der Waals surface area contributed by atoms with Crippen molar-refractivity contribution in [3.8, 4) is 0 Å². The molecule has 0 amide bonds. The van der Waals surface area contributed by atoms with Gasteiger partial charge in [-0.25, -0.2) is 0 Å². The standard InChI is InChI=1S/C10H19Cl3.FH/c1-2-3-4-5-6-7-8-9-10(11,12)13;/h2-9H2,1H3;1H. The average Bonchev–Trinajstić information content (AvgIpc) is 2.01. The summed E-state index contributed by atoms with van der Waals surface area (Å²) in [6.07, 6.45) is 9.52. The van der Waals surface area contributed by atoms with E-state index in [0.717, 1.165) is 6.42 Å². The Kier molecular flexibility index (Phi) is 12.7. The smallest absolute Gasteiger partial charge is 0.190 e. The SMILES string of the molecule is CCCCCCCCCC(Cl)(Cl)Cl.F. The summed E-state index contributed by atoms with van der Waals surface area (Å²) in [6, 6.07) is 0. The summed E-state index contributed by atoms with van der Waals surface area (Å²) < 4.78 is -1.04. The Morgan fingerprint density at radius 1 is 0.786 bits per heavy atom. The highest BCUT2D eigenvalue weighted by Crippen LogP contribution is 2.32. The van der Waals surface area contributed by atoms with Crippen molar-refractivity contribution in [3.05, 3.63) is 0 Å². The van der Waals surface area contributed by atoms with Crippen molar-refractivity contribution in [1.29, 1.82) is 0 Å². The maximum atomic E-state index is 5.63. The molecule has 0 rings (SSSR count). The lowest BCUT2D eigenvalue weighted by Crippen LogP contribution is -2.00. The van der Waals surface area contributed by atoms with Crippen LogP contribution in [-0.4, -0.2) is 3.79 Å². The largest absolute Gasteiger partial charge is 0.269 e. The van der Waals surface area contributed by atoms with Gasteiger partial charge in [0.25, 0.3) is 0 Å². The van der Waals surface area contributed by atoms with Gasteiger partial charge in [-0.2, -0.15) is 0 Å². The van der Waals surface area contributed by atoms with Gasteiger partial charge in [0.1, 0.15) is 0 Å². The highest BCUT2D eigenvalue weighted by molar-refractivity contribution is 6.67. The molecule has 4 heteroatoms. The Balaban J connectivity index is 0. The van der Waals surface area contributed by atoms with Gasteiger partial charge in [0, 0.05) is 0 Å². The molecule has 0 unspecified atom stereocenters. The van der Waals surface area contributed by atoms with Crippen LogP contribution in [0.15, 0.2) is 0 Å². The third-order valence-corrected chi connectivity index (χ3v) is 2.63. The molecule has 0 aromatic heterocycles. The molecular formula is C10H20Cl3F. The van der Waals surface area contributed by atoms with Gasteiger partial charge in [0.15, 0.2) is 3.79 Å². The Morgan fingerprint density at radius 2 is 1.21 bits per heavy atom. The van der Waals surface area contributed by atoms with Crippen LogP contribution >= 0.6 is 34.8 Å². The highest BCUT2D eigenvalue weighted by atomic mass is 35.6. The molecule has 0 fully saturated rings. The number of hydrogen-bond acceptors (Lipinski definition) is 0. The minimum atomic E-state index is -1.04. The normalized spacial score (nSPS) is 11.1. The van der Waals surface area contributed by atoms with E-state index in [1.54, 1.807) is 0 Å². The molecule has 88 valence electrons. The monoisotopic (exact) mass is 264 g/mol. The number of halogens is 4. The molecule has 0 N–H and O–H groups in total. The van der Waals surface area contributed by atoms with E-state index in [0.29, 0.717) is 6.42 Å². The third-order valence-electron chi connectivity index (χ3n) is 2.06. The van der Waals surface area contributed by atoms with Crippen LogP contribution in [0.4, 0.5) is 4.70 Å². The minimum absolute atomic E-state index is 0. The Hall–Kier alpha value is 0.800. The molecule has 0 bridgehead atoms. The van der Waals surface area contributed by atoms with Crippen LogP contribution in [0, 0.1) is 0 Å². The van der Waals surface area contributed by atoms with Crippen LogP contribution in [0.1, 0.15) is 58.3 Å². The van der Waals surface area contributed by atoms with Gasteiger partial charge < -0.3 is 0 Å². The molecule has 14 heavy (non-hydrogen) atoms. The zero-order valence-corrected chi connectivity index (χ0v) is 11.0. The van der Waals surface area contributed by atoms with Crippen LogP contribution in [0.2, 0.25) is 0 Å². The zero-order chi connectivity index (χ0) is 10.2. The molecule has 0 spiro atoms. The van der Waals surface area contributed by atoms with Gasteiger partial charge in [-0.1, -0.05) is 80.3 Å². The number of rotatable bonds is 7. The van der Waals surface area contributed by atoms with Crippen LogP contribution in [0.5, 0.6) is 0 Å². The molecule has 0 aromatic carbocycles. The van der Waals surface area contributed by atoms with Gasteiger partial charge in [-0.05, 0) is 12.8 Å². The van der Waals surface area contributed by atoms with E-state index < -0.39 is 3.79 Å². The summed E-state index contributed by atoms with van der Waals surface area (Å²) in [7, 11) is 0. The third kappa shape index (κ3) is 15.3. The summed E-state index contributed by atoms with van der Waals surface area (Å²) in [4.78, 5) is 0. The van der Waals surface area contributed by atoms with Crippen LogP contribution < -0.4 is 0 Å². The van der Waals surface area contributed by atoms with Crippen molar-refractivity contribution in [2.75, 3.05) is 0 Å². The molecule has 0 aromatic rings. The van der Waals surface area contributed by atoms with Crippen LogP contribution in [0.25, 0.3) is 0 Å². The molecule has 0 aliphatic heterocycles. The van der Waals surface area contributed by atoms with Crippen molar-refractivity contribution < 1.29 is 4.70 Å². The van der Waals surface area contributed by atoms with Gasteiger partial charge in [0.05, 0.1) is 0 Å². The second kappa shape index (κ2) is 10.3. The van der Waals surface area contributed by atoms with Crippen molar-refractivity contribution in [3.63, 3.8) is 0 Å². The fraction of sp³-hybridized carbons (Fsp3) is 1.00. The van der Waals surface area contributed by atoms with Crippen molar-refractivity contribution in [2.24, 2.45) is 0 Å². The summed E-state index contributed by atoms with van der Waals surface area (Å²) in [5, 5.41) is 0. The van der Waals surface area contributed by atoms with E-state index in [1.807, 2.05) is 0 Å². The second-order valence-electron chi connectivity index (χ2n) is 3.49. The lowest BCUT2D eigenvalue weighted by Gasteiger charge is -2.09. The predicted molar refractivity (Wildman–Crippen MR) is 65.4 cm³/mol. The Bertz CT molecular complexity index is 112. The molecular weight excluding hydrogens is 245 g/mol. The van der Waals surface area contributed by atoms with E-state index in [2.05, 4.69) is 6.92 Å². The van der Waals surface area contributed by atoms with Crippen LogP contribution in [-0.2, 0) is 0 Å². The lowest BCUT2D eigenvalue weighted by atomic mass is 10.1. The summed E-state index contributed by atoms with van der Waals surface area (Å²) in [5.74, 6) is 0. The fourth-order valence-corrected chi connectivity index (χ4v) is 1.68. The number of hydrogen-bond donors (Lipinski definition) is 0. The van der Waals surface area contributed by atoms with Gasteiger partial charge in [-0.15, -0.1) is 0 Å². The topological polar surface area (TPSA) is 0 Å². The van der Waals surface area contributed by atoms with Gasteiger partial charge >= 0.3 is 0 Å². The zero-order valence-electron chi connectivity index (χ0n) is 8.70. The van der Waals surface area contributed by atoms with Crippen molar-refractivity contribution in [1.82, 2.24) is 0 Å². The molecule has 0 nitrogen and oxygen atoms in total. The molecule has 0 saturated carbocycles. The second-order valence-corrected chi connectivity index (χ2v) is 6.00. The van der Waals surface area contributed by atoms with Gasteiger partial charge in [0.2, 0.25) is 0 Å². The first kappa shape index (κ1) is 17.2. The minimum Gasteiger partial charge on any atom is -0.269 e. The average molecular weight is 266 g/mol. The van der Waals surface area contributed by atoms with Crippen LogP contribution in [0.3, 0.4) is 0 Å². The first-order valence-corrected chi connectivity index (χ1v) is 6.26. The molecule has 0 radical (unpaired) electrons. The Morgan fingerprint density at radius 3 is 1.64 bits per heavy atom. The van der Waals surface area contributed by atoms with E-state index in [4.69, 9.17) is 34.8 Å². The lowest BCUT2D eigenvalue weighted by molar-refractivity contribution is 0.578.